The fraction of sp³-hybridized carbons (Fsp3) is 0.375. The number of carbonyl (C=O) groups excluding carboxylic acids is 2. The average molecular weight is 398 g/mol. The number of hydrogen-bond acceptors (Lipinski definition) is 6. The number of anilines is 2. The summed E-state index contributed by atoms with van der Waals surface area (Å²) in [5.74, 6) is -2.33. The number of aromatic nitrogens is 2. The van der Waals surface area contributed by atoms with Crippen molar-refractivity contribution < 1.29 is 18.4 Å². The molecule has 0 radical (unpaired) electrons. The lowest BCUT2D eigenvalue weighted by molar-refractivity contribution is -0.117. The predicted molar refractivity (Wildman–Crippen MR) is 96.4 cm³/mol. The largest absolute Gasteiger partial charge is 0.320 e. The molecule has 2 aromatic rings. The molecule has 1 aliphatic rings. The average Bonchev–Trinajstić information content (AvgIpc) is 3.30. The number of rotatable bonds is 6. The smallest absolute Gasteiger partial charge is 0.237 e. The van der Waals surface area contributed by atoms with Gasteiger partial charge in [0.05, 0.1) is 5.25 Å². The minimum Gasteiger partial charge on any atom is -0.320 e. The summed E-state index contributed by atoms with van der Waals surface area (Å²) in [7, 11) is 0. The molecule has 1 fully saturated rings. The molecule has 26 heavy (non-hydrogen) atoms. The summed E-state index contributed by atoms with van der Waals surface area (Å²) in [6.45, 7) is 3.08. The number of hydrogen-bond donors (Lipinski definition) is 1. The Morgan fingerprint density at radius 1 is 1.31 bits per heavy atom. The maximum atomic E-state index is 13.6. The third kappa shape index (κ3) is 4.18. The van der Waals surface area contributed by atoms with Gasteiger partial charge in [0.15, 0.2) is 4.34 Å². The quantitative estimate of drug-likeness (QED) is 0.596. The fourth-order valence-electron chi connectivity index (χ4n) is 2.28. The zero-order valence-electron chi connectivity index (χ0n) is 14.0. The lowest BCUT2D eigenvalue weighted by atomic mass is 10.3. The summed E-state index contributed by atoms with van der Waals surface area (Å²) in [5, 5.41) is 10.1. The van der Waals surface area contributed by atoms with E-state index in [4.69, 9.17) is 0 Å². The van der Waals surface area contributed by atoms with E-state index in [9.17, 15) is 18.4 Å². The van der Waals surface area contributed by atoms with Crippen LogP contribution in [0.4, 0.5) is 19.6 Å². The second kappa shape index (κ2) is 7.67. The molecule has 1 unspecified atom stereocenters. The molecule has 1 aromatic heterocycles. The van der Waals surface area contributed by atoms with E-state index in [1.807, 2.05) is 0 Å². The van der Waals surface area contributed by atoms with E-state index < -0.39 is 28.5 Å². The SMILES string of the molecule is CC(=O)N(c1nnc(SC(C)C(=O)Nc2c(F)cccc2F)s1)C1CC1. The minimum absolute atomic E-state index is 0.0963. The zero-order valence-corrected chi connectivity index (χ0v) is 15.7. The van der Waals surface area contributed by atoms with Crippen molar-refractivity contribution in [2.45, 2.75) is 42.3 Å². The van der Waals surface area contributed by atoms with Crippen LogP contribution in [0.5, 0.6) is 0 Å². The van der Waals surface area contributed by atoms with Crippen molar-refractivity contribution in [3.63, 3.8) is 0 Å². The van der Waals surface area contributed by atoms with Crippen LogP contribution in [0.1, 0.15) is 26.7 Å². The van der Waals surface area contributed by atoms with Crippen molar-refractivity contribution in [1.82, 2.24) is 10.2 Å². The molecule has 1 saturated carbocycles. The van der Waals surface area contributed by atoms with E-state index in [0.717, 1.165) is 36.7 Å². The number of nitrogens with zero attached hydrogens (tertiary/aromatic N) is 3. The van der Waals surface area contributed by atoms with E-state index in [1.165, 1.54) is 24.3 Å². The minimum atomic E-state index is -0.838. The molecule has 138 valence electrons. The van der Waals surface area contributed by atoms with Gasteiger partial charge in [0, 0.05) is 13.0 Å². The monoisotopic (exact) mass is 398 g/mol. The Labute approximate surface area is 157 Å². The number of thioether (sulfide) groups is 1. The van der Waals surface area contributed by atoms with Crippen molar-refractivity contribution in [3.05, 3.63) is 29.8 Å². The first-order valence-corrected chi connectivity index (χ1v) is 9.61. The van der Waals surface area contributed by atoms with Gasteiger partial charge in [-0.3, -0.25) is 14.5 Å². The molecular weight excluding hydrogens is 382 g/mol. The van der Waals surface area contributed by atoms with Gasteiger partial charge in [0.25, 0.3) is 0 Å². The molecule has 0 saturated heterocycles. The van der Waals surface area contributed by atoms with Crippen molar-refractivity contribution in [2.24, 2.45) is 0 Å². The third-order valence-corrected chi connectivity index (χ3v) is 5.82. The highest BCUT2D eigenvalue weighted by molar-refractivity contribution is 8.02. The summed E-state index contributed by atoms with van der Waals surface area (Å²) < 4.78 is 27.8. The molecular formula is C16H16F2N4O2S2. The van der Waals surface area contributed by atoms with Crippen molar-refractivity contribution in [3.8, 4) is 0 Å². The Hall–Kier alpha value is -2.07. The van der Waals surface area contributed by atoms with E-state index >= 15 is 0 Å². The highest BCUT2D eigenvalue weighted by Gasteiger charge is 2.34. The Morgan fingerprint density at radius 2 is 1.96 bits per heavy atom. The Balaban J connectivity index is 1.65. The number of halogens is 2. The van der Waals surface area contributed by atoms with Crippen LogP contribution in [0.2, 0.25) is 0 Å². The third-order valence-electron chi connectivity index (χ3n) is 3.71. The zero-order chi connectivity index (χ0) is 18.8. The molecule has 2 amide bonds. The molecule has 0 spiro atoms. The number of para-hydroxylation sites is 1. The first kappa shape index (κ1) is 18.7. The van der Waals surface area contributed by atoms with Gasteiger partial charge in [0.2, 0.25) is 16.9 Å². The molecule has 3 rings (SSSR count). The molecule has 1 aromatic carbocycles. The van der Waals surface area contributed by atoms with E-state index in [0.29, 0.717) is 9.47 Å². The highest BCUT2D eigenvalue weighted by atomic mass is 32.2. The van der Waals surface area contributed by atoms with Gasteiger partial charge < -0.3 is 5.32 Å². The number of carbonyl (C=O) groups is 2. The molecule has 6 nitrogen and oxygen atoms in total. The van der Waals surface area contributed by atoms with Crippen LogP contribution in [0.3, 0.4) is 0 Å². The van der Waals surface area contributed by atoms with Gasteiger partial charge in [-0.05, 0) is 31.9 Å². The summed E-state index contributed by atoms with van der Waals surface area (Å²) >= 11 is 2.33. The summed E-state index contributed by atoms with van der Waals surface area (Å²) in [6, 6.07) is 3.54. The van der Waals surface area contributed by atoms with E-state index in [-0.39, 0.29) is 11.9 Å². The van der Waals surface area contributed by atoms with Gasteiger partial charge in [-0.15, -0.1) is 10.2 Å². The number of amides is 2. The fourth-order valence-corrected chi connectivity index (χ4v) is 4.38. The van der Waals surface area contributed by atoms with Crippen molar-refractivity contribution in [1.29, 1.82) is 0 Å². The van der Waals surface area contributed by atoms with Crippen LogP contribution in [-0.4, -0.2) is 33.3 Å². The summed E-state index contributed by atoms with van der Waals surface area (Å²) in [5.41, 5.74) is -0.473. The molecule has 1 heterocycles. The molecule has 1 atom stereocenters. The Bertz CT molecular complexity index is 821. The van der Waals surface area contributed by atoms with Crippen LogP contribution in [0, 0.1) is 11.6 Å². The first-order valence-electron chi connectivity index (χ1n) is 7.91. The normalized spacial score (nSPS) is 14.8. The van der Waals surface area contributed by atoms with Crippen LogP contribution in [-0.2, 0) is 9.59 Å². The van der Waals surface area contributed by atoms with Crippen LogP contribution >= 0.6 is 23.1 Å². The van der Waals surface area contributed by atoms with Gasteiger partial charge >= 0.3 is 0 Å². The topological polar surface area (TPSA) is 75.2 Å². The first-order chi connectivity index (χ1) is 12.4. The number of benzene rings is 1. The molecule has 1 aliphatic carbocycles. The predicted octanol–water partition coefficient (Wildman–Crippen LogP) is 3.45. The van der Waals surface area contributed by atoms with Gasteiger partial charge in [0.1, 0.15) is 17.3 Å². The molecule has 10 heteroatoms. The molecule has 0 bridgehead atoms. The van der Waals surface area contributed by atoms with Gasteiger partial charge in [-0.2, -0.15) is 0 Å². The Kier molecular flexibility index (Phi) is 5.52. The molecule has 1 N–H and O–H groups in total. The van der Waals surface area contributed by atoms with Crippen molar-refractivity contribution >= 4 is 45.7 Å². The van der Waals surface area contributed by atoms with Crippen LogP contribution < -0.4 is 10.2 Å². The number of nitrogens with one attached hydrogen (secondary N) is 1. The second-order valence-electron chi connectivity index (χ2n) is 5.82. The standard InChI is InChI=1S/C16H16F2N4O2S2/c1-8(14(24)19-13-11(17)4-3-5-12(13)18)25-16-21-20-15(26-16)22(9(2)23)10-6-7-10/h3-5,8,10H,6-7H2,1-2H3,(H,19,24). The van der Waals surface area contributed by atoms with E-state index in [2.05, 4.69) is 15.5 Å². The van der Waals surface area contributed by atoms with Gasteiger partial charge in [-0.25, -0.2) is 8.78 Å². The Morgan fingerprint density at radius 3 is 2.54 bits per heavy atom. The maximum absolute atomic E-state index is 13.6. The highest BCUT2D eigenvalue weighted by Crippen LogP contribution is 2.36. The summed E-state index contributed by atoms with van der Waals surface area (Å²) in [4.78, 5) is 25.6. The second-order valence-corrected chi connectivity index (χ2v) is 8.36. The van der Waals surface area contributed by atoms with Gasteiger partial charge in [-0.1, -0.05) is 29.2 Å². The van der Waals surface area contributed by atoms with Crippen LogP contribution in [0.25, 0.3) is 0 Å². The summed E-state index contributed by atoms with van der Waals surface area (Å²) in [6.07, 6.45) is 1.88. The van der Waals surface area contributed by atoms with Crippen LogP contribution in [0.15, 0.2) is 22.5 Å². The van der Waals surface area contributed by atoms with Crippen molar-refractivity contribution in [2.75, 3.05) is 10.2 Å². The lowest BCUT2D eigenvalue weighted by Gasteiger charge is -2.15. The van der Waals surface area contributed by atoms with E-state index in [1.54, 1.807) is 11.8 Å². The maximum Gasteiger partial charge on any atom is 0.237 e. The molecule has 0 aliphatic heterocycles. The lowest BCUT2D eigenvalue weighted by Crippen LogP contribution is -2.30.